The topological polar surface area (TPSA) is 9.23 Å². The van der Waals surface area contributed by atoms with Gasteiger partial charge in [-0.25, -0.2) is 0 Å². The van der Waals surface area contributed by atoms with E-state index in [0.717, 1.165) is 11.5 Å². The van der Waals surface area contributed by atoms with Crippen LogP contribution in [0.1, 0.15) is 47.2 Å². The Bertz CT molecular complexity index is 2260. The van der Waals surface area contributed by atoms with Gasteiger partial charge in [-0.1, -0.05) is 159 Å². The second-order valence-electron chi connectivity index (χ2n) is 13.3. The number of para-hydroxylation sites is 1. The van der Waals surface area contributed by atoms with Crippen LogP contribution in [0.4, 0.5) is 0 Å². The summed E-state index contributed by atoms with van der Waals surface area (Å²) in [4.78, 5) is 0. The third kappa shape index (κ3) is 4.03. The van der Waals surface area contributed by atoms with Crippen LogP contribution in [0.3, 0.4) is 0 Å². The molecule has 0 amide bonds. The normalized spacial score (nSPS) is 14.7. The maximum absolute atomic E-state index is 6.41. The van der Waals surface area contributed by atoms with Crippen LogP contribution >= 0.6 is 0 Å². The van der Waals surface area contributed by atoms with E-state index in [1.807, 2.05) is 6.07 Å². The van der Waals surface area contributed by atoms with Gasteiger partial charge in [0.1, 0.15) is 11.5 Å². The molecule has 0 radical (unpaired) electrons. The van der Waals surface area contributed by atoms with Gasteiger partial charge in [-0.15, -0.1) is 0 Å². The molecule has 2 aliphatic rings. The minimum Gasteiger partial charge on any atom is -0.457 e. The highest BCUT2D eigenvalue weighted by Gasteiger charge is 2.46. The Labute approximate surface area is 276 Å². The lowest BCUT2D eigenvalue weighted by molar-refractivity contribution is 0.418. The summed E-state index contributed by atoms with van der Waals surface area (Å²) in [6.07, 6.45) is 0. The Morgan fingerprint density at radius 1 is 0.362 bits per heavy atom. The lowest BCUT2D eigenvalue weighted by Gasteiger charge is -2.35. The summed E-state index contributed by atoms with van der Waals surface area (Å²) in [7, 11) is 0. The van der Waals surface area contributed by atoms with Crippen molar-refractivity contribution in [2.45, 2.75) is 24.7 Å². The molecule has 0 spiro atoms. The largest absolute Gasteiger partial charge is 0.457 e. The number of rotatable bonds is 4. The van der Waals surface area contributed by atoms with Gasteiger partial charge in [0.05, 0.1) is 5.41 Å². The first-order valence-corrected chi connectivity index (χ1v) is 16.4. The fourth-order valence-corrected chi connectivity index (χ4v) is 8.21. The smallest absolute Gasteiger partial charge is 0.131 e. The summed E-state index contributed by atoms with van der Waals surface area (Å²) in [6.45, 7) is 4.60. The van der Waals surface area contributed by atoms with Gasteiger partial charge in [-0.3, -0.25) is 0 Å². The number of fused-ring (bicyclic) bond motifs is 5. The van der Waals surface area contributed by atoms with E-state index in [1.54, 1.807) is 0 Å². The van der Waals surface area contributed by atoms with Gasteiger partial charge in [0.15, 0.2) is 0 Å². The second-order valence-corrected chi connectivity index (χ2v) is 13.3. The summed E-state index contributed by atoms with van der Waals surface area (Å²) < 4.78 is 6.41. The molecule has 1 nitrogen and oxygen atoms in total. The van der Waals surface area contributed by atoms with E-state index in [4.69, 9.17) is 4.74 Å². The molecule has 1 aliphatic carbocycles. The molecule has 0 N–H and O–H groups in total. The monoisotopic (exact) mass is 602 g/mol. The standard InChI is InChI=1S/C46H34O/c1-45(2)40-23-13-14-24-43(40)47-44-28-26-32(30-42(44)45)36-20-10-9-19-35(36)31-25-27-38-37-21-11-12-22-39(37)46(41(38)29-31,33-15-5-3-6-16-33)34-17-7-4-8-18-34/h3-30H,1-2H3. The van der Waals surface area contributed by atoms with E-state index in [9.17, 15) is 0 Å². The fourth-order valence-electron chi connectivity index (χ4n) is 8.21. The highest BCUT2D eigenvalue weighted by Crippen LogP contribution is 2.57. The summed E-state index contributed by atoms with van der Waals surface area (Å²) in [5.74, 6) is 1.87. The first kappa shape index (κ1) is 27.6. The number of hydrogen-bond donors (Lipinski definition) is 0. The Kier molecular flexibility index (Phi) is 6.14. The van der Waals surface area contributed by atoms with Gasteiger partial charge in [0.2, 0.25) is 0 Å². The predicted molar refractivity (Wildman–Crippen MR) is 193 cm³/mol. The summed E-state index contributed by atoms with van der Waals surface area (Å²) >= 11 is 0. The van der Waals surface area contributed by atoms with Crippen molar-refractivity contribution in [1.29, 1.82) is 0 Å². The van der Waals surface area contributed by atoms with Crippen molar-refractivity contribution in [3.8, 4) is 44.9 Å². The van der Waals surface area contributed by atoms with E-state index in [-0.39, 0.29) is 5.41 Å². The average Bonchev–Trinajstić information content (AvgIpc) is 3.43. The molecule has 0 unspecified atom stereocenters. The van der Waals surface area contributed by atoms with Crippen molar-refractivity contribution in [3.63, 3.8) is 0 Å². The van der Waals surface area contributed by atoms with Crippen LogP contribution < -0.4 is 4.74 Å². The number of benzene rings is 7. The zero-order valence-electron chi connectivity index (χ0n) is 26.6. The van der Waals surface area contributed by atoms with Crippen molar-refractivity contribution in [2.24, 2.45) is 0 Å². The van der Waals surface area contributed by atoms with Gasteiger partial charge in [-0.05, 0) is 79.9 Å². The summed E-state index contributed by atoms with van der Waals surface area (Å²) in [5, 5.41) is 0. The molecule has 9 rings (SSSR count). The quantitative estimate of drug-likeness (QED) is 0.195. The van der Waals surface area contributed by atoms with Crippen LogP contribution in [0.15, 0.2) is 170 Å². The van der Waals surface area contributed by atoms with Gasteiger partial charge in [-0.2, -0.15) is 0 Å². The van der Waals surface area contributed by atoms with Crippen molar-refractivity contribution < 1.29 is 4.74 Å². The van der Waals surface area contributed by atoms with E-state index in [1.165, 1.54) is 66.8 Å². The highest BCUT2D eigenvalue weighted by atomic mass is 16.5. The maximum atomic E-state index is 6.41. The maximum Gasteiger partial charge on any atom is 0.131 e. The zero-order valence-corrected chi connectivity index (χ0v) is 26.6. The van der Waals surface area contributed by atoms with E-state index >= 15 is 0 Å². The fraction of sp³-hybridized carbons (Fsp3) is 0.0870. The Morgan fingerprint density at radius 2 is 0.830 bits per heavy atom. The number of ether oxygens (including phenoxy) is 1. The minimum absolute atomic E-state index is 0.181. The molecule has 1 heterocycles. The molecule has 0 bridgehead atoms. The van der Waals surface area contributed by atoms with E-state index < -0.39 is 5.41 Å². The summed E-state index contributed by atoms with van der Waals surface area (Å²) in [5.41, 5.74) is 14.4. The van der Waals surface area contributed by atoms with Crippen LogP contribution in [0.5, 0.6) is 11.5 Å². The van der Waals surface area contributed by atoms with Crippen LogP contribution in [0.2, 0.25) is 0 Å². The van der Waals surface area contributed by atoms with Crippen LogP contribution in [-0.4, -0.2) is 0 Å². The van der Waals surface area contributed by atoms with Crippen LogP contribution in [0.25, 0.3) is 33.4 Å². The molecular weight excluding hydrogens is 569 g/mol. The third-order valence-electron chi connectivity index (χ3n) is 10.4. The van der Waals surface area contributed by atoms with Gasteiger partial charge >= 0.3 is 0 Å². The molecule has 0 saturated heterocycles. The Hall–Kier alpha value is -5.66. The molecule has 1 heteroatoms. The Balaban J connectivity index is 1.25. The lowest BCUT2D eigenvalue weighted by Crippen LogP contribution is -2.28. The van der Waals surface area contributed by atoms with Gasteiger partial charge in [0, 0.05) is 16.5 Å². The van der Waals surface area contributed by atoms with Crippen molar-refractivity contribution >= 4 is 0 Å². The molecule has 0 atom stereocenters. The SMILES string of the molecule is CC1(C)c2ccccc2Oc2ccc(-c3ccccc3-c3ccc4c(c3)C(c3ccccc3)(c3ccccc3)c3ccccc3-4)cc21. The van der Waals surface area contributed by atoms with Crippen LogP contribution in [-0.2, 0) is 10.8 Å². The zero-order chi connectivity index (χ0) is 31.6. The minimum atomic E-state index is -0.431. The van der Waals surface area contributed by atoms with Crippen molar-refractivity contribution in [3.05, 3.63) is 203 Å². The predicted octanol–water partition coefficient (Wildman–Crippen LogP) is 11.8. The molecule has 47 heavy (non-hydrogen) atoms. The lowest BCUT2D eigenvalue weighted by atomic mass is 9.67. The summed E-state index contributed by atoms with van der Waals surface area (Å²) in [6, 6.07) is 62.0. The molecule has 0 aromatic heterocycles. The van der Waals surface area contributed by atoms with Gasteiger partial charge < -0.3 is 4.74 Å². The third-order valence-corrected chi connectivity index (χ3v) is 10.4. The van der Waals surface area contributed by atoms with E-state index in [2.05, 4.69) is 178 Å². The first-order valence-electron chi connectivity index (χ1n) is 16.4. The van der Waals surface area contributed by atoms with Gasteiger partial charge in [0.25, 0.3) is 0 Å². The Morgan fingerprint density at radius 3 is 1.49 bits per heavy atom. The molecule has 7 aromatic rings. The number of hydrogen-bond acceptors (Lipinski definition) is 1. The second kappa shape index (κ2) is 10.4. The highest BCUT2D eigenvalue weighted by molar-refractivity contribution is 5.91. The molecule has 224 valence electrons. The molecule has 0 saturated carbocycles. The molecule has 0 fully saturated rings. The van der Waals surface area contributed by atoms with Crippen LogP contribution in [0, 0.1) is 0 Å². The average molecular weight is 603 g/mol. The van der Waals surface area contributed by atoms with E-state index in [0.29, 0.717) is 0 Å². The first-order chi connectivity index (χ1) is 23.1. The van der Waals surface area contributed by atoms with Crippen molar-refractivity contribution in [1.82, 2.24) is 0 Å². The molecule has 7 aromatic carbocycles. The van der Waals surface area contributed by atoms with Crippen molar-refractivity contribution in [2.75, 3.05) is 0 Å². The molecule has 1 aliphatic heterocycles. The molecular formula is C46H34O.